The van der Waals surface area contributed by atoms with Crippen molar-refractivity contribution < 1.29 is 24.5 Å². The molecular formula is C59H113NO5. The van der Waals surface area contributed by atoms with E-state index in [4.69, 9.17) is 4.74 Å². The van der Waals surface area contributed by atoms with Gasteiger partial charge in [-0.15, -0.1) is 0 Å². The molecule has 65 heavy (non-hydrogen) atoms. The standard InChI is InChI=1S/C59H113NO5/c1-3-5-7-9-11-13-15-17-19-21-22-24-26-28-33-37-41-45-49-53-59(64)65-54-50-46-42-38-34-30-29-32-36-40-44-48-52-58(63)60-56(55-61)57(62)51-47-43-39-35-31-27-25-23-20-18-16-14-12-10-8-6-4-2/h17,19,30,34,56-57,61-62H,3-16,18,20-29,31-33,35-55H2,1-2H3,(H,60,63)/b19-17-,34-30-. The minimum absolute atomic E-state index is 0.0227. The van der Waals surface area contributed by atoms with Crippen molar-refractivity contribution in [1.82, 2.24) is 5.32 Å². The molecule has 0 rings (SSSR count). The van der Waals surface area contributed by atoms with Crippen LogP contribution in [0.3, 0.4) is 0 Å². The number of unbranched alkanes of at least 4 members (excludes halogenated alkanes) is 39. The van der Waals surface area contributed by atoms with Crippen LogP contribution in [0.15, 0.2) is 24.3 Å². The molecule has 0 saturated carbocycles. The van der Waals surface area contributed by atoms with Gasteiger partial charge in [0.15, 0.2) is 0 Å². The summed E-state index contributed by atoms with van der Waals surface area (Å²) >= 11 is 0. The summed E-state index contributed by atoms with van der Waals surface area (Å²) in [6.45, 7) is 4.91. The van der Waals surface area contributed by atoms with Crippen molar-refractivity contribution in [3.05, 3.63) is 24.3 Å². The van der Waals surface area contributed by atoms with Gasteiger partial charge in [-0.05, 0) is 83.5 Å². The van der Waals surface area contributed by atoms with Gasteiger partial charge < -0.3 is 20.3 Å². The minimum atomic E-state index is -0.681. The molecule has 384 valence electrons. The van der Waals surface area contributed by atoms with E-state index >= 15 is 0 Å². The van der Waals surface area contributed by atoms with Crippen LogP contribution in [0.25, 0.3) is 0 Å². The number of ether oxygens (including phenoxy) is 1. The van der Waals surface area contributed by atoms with E-state index in [1.807, 2.05) is 0 Å². The number of aliphatic hydroxyl groups is 2. The molecule has 3 N–H and O–H groups in total. The van der Waals surface area contributed by atoms with Crippen molar-refractivity contribution in [2.24, 2.45) is 0 Å². The Morgan fingerprint density at radius 2 is 0.723 bits per heavy atom. The molecular weight excluding hydrogens is 803 g/mol. The summed E-state index contributed by atoms with van der Waals surface area (Å²) in [5.41, 5.74) is 0. The van der Waals surface area contributed by atoms with E-state index in [1.165, 1.54) is 205 Å². The highest BCUT2D eigenvalue weighted by Crippen LogP contribution is 2.17. The van der Waals surface area contributed by atoms with Gasteiger partial charge in [0.2, 0.25) is 5.91 Å². The van der Waals surface area contributed by atoms with Crippen LogP contribution in [0.1, 0.15) is 316 Å². The van der Waals surface area contributed by atoms with Crippen LogP contribution in [-0.4, -0.2) is 47.4 Å². The maximum absolute atomic E-state index is 12.5. The highest BCUT2D eigenvalue weighted by Gasteiger charge is 2.20. The average Bonchev–Trinajstić information content (AvgIpc) is 3.31. The molecule has 6 nitrogen and oxygen atoms in total. The number of esters is 1. The Morgan fingerprint density at radius 1 is 0.415 bits per heavy atom. The van der Waals surface area contributed by atoms with Gasteiger partial charge in [-0.25, -0.2) is 0 Å². The molecule has 2 atom stereocenters. The quantitative estimate of drug-likeness (QED) is 0.0321. The van der Waals surface area contributed by atoms with Gasteiger partial charge in [0, 0.05) is 12.8 Å². The number of rotatable bonds is 54. The Hall–Kier alpha value is -1.66. The van der Waals surface area contributed by atoms with Crippen molar-refractivity contribution in [3.8, 4) is 0 Å². The van der Waals surface area contributed by atoms with E-state index in [9.17, 15) is 19.8 Å². The molecule has 0 aromatic rings. The van der Waals surface area contributed by atoms with Crippen LogP contribution < -0.4 is 5.32 Å². The highest BCUT2D eigenvalue weighted by molar-refractivity contribution is 5.76. The molecule has 0 saturated heterocycles. The summed E-state index contributed by atoms with van der Waals surface area (Å²) in [7, 11) is 0. The fourth-order valence-corrected chi connectivity index (χ4v) is 8.98. The lowest BCUT2D eigenvalue weighted by Crippen LogP contribution is -2.45. The van der Waals surface area contributed by atoms with Crippen LogP contribution in [-0.2, 0) is 14.3 Å². The second-order valence-electron chi connectivity index (χ2n) is 20.0. The smallest absolute Gasteiger partial charge is 0.305 e. The Labute approximate surface area is 405 Å². The first-order valence-corrected chi connectivity index (χ1v) is 29.1. The van der Waals surface area contributed by atoms with Crippen LogP contribution in [0.5, 0.6) is 0 Å². The molecule has 0 bridgehead atoms. The Bertz CT molecular complexity index is 1010. The van der Waals surface area contributed by atoms with Crippen LogP contribution in [0, 0.1) is 0 Å². The Kier molecular flexibility index (Phi) is 53.5. The minimum Gasteiger partial charge on any atom is -0.466 e. The lowest BCUT2D eigenvalue weighted by molar-refractivity contribution is -0.143. The second-order valence-corrected chi connectivity index (χ2v) is 20.0. The molecule has 0 heterocycles. The van der Waals surface area contributed by atoms with Gasteiger partial charge in [-0.3, -0.25) is 9.59 Å². The Morgan fingerprint density at radius 3 is 1.09 bits per heavy atom. The van der Waals surface area contributed by atoms with Crippen LogP contribution in [0.4, 0.5) is 0 Å². The van der Waals surface area contributed by atoms with Gasteiger partial charge in [0.25, 0.3) is 0 Å². The first-order valence-electron chi connectivity index (χ1n) is 29.1. The number of allylic oxidation sites excluding steroid dienone is 4. The SMILES string of the molecule is CCCCCCCC/C=C\CCCCCCCCCCCC(=O)OCCCCC/C=C\CCCCCCCC(=O)NC(CO)C(O)CCCCCCCCCCCCCCCCCCC. The number of carbonyl (C=O) groups is 2. The van der Waals surface area contributed by atoms with E-state index < -0.39 is 12.1 Å². The summed E-state index contributed by atoms with van der Waals surface area (Å²) in [6.07, 6.45) is 65.9. The first kappa shape index (κ1) is 63.3. The maximum atomic E-state index is 12.5. The predicted molar refractivity (Wildman–Crippen MR) is 283 cm³/mol. The van der Waals surface area contributed by atoms with Gasteiger partial charge in [-0.1, -0.05) is 244 Å². The van der Waals surface area contributed by atoms with Crippen LogP contribution >= 0.6 is 0 Å². The van der Waals surface area contributed by atoms with E-state index in [2.05, 4.69) is 43.5 Å². The van der Waals surface area contributed by atoms with Gasteiger partial charge in [0.05, 0.1) is 25.4 Å². The monoisotopic (exact) mass is 916 g/mol. The predicted octanol–water partition coefficient (Wildman–Crippen LogP) is 17.9. The summed E-state index contributed by atoms with van der Waals surface area (Å²) in [5.74, 6) is -0.0815. The summed E-state index contributed by atoms with van der Waals surface area (Å²) in [6, 6.07) is -0.560. The molecule has 0 aliphatic carbocycles. The fraction of sp³-hybridized carbons (Fsp3) is 0.898. The molecule has 6 heteroatoms. The first-order chi connectivity index (χ1) is 32.0. The van der Waals surface area contributed by atoms with Crippen LogP contribution in [0.2, 0.25) is 0 Å². The molecule has 0 aliphatic rings. The third-order valence-electron chi connectivity index (χ3n) is 13.5. The largest absolute Gasteiger partial charge is 0.466 e. The average molecular weight is 917 g/mol. The molecule has 0 fully saturated rings. The summed E-state index contributed by atoms with van der Waals surface area (Å²) in [4.78, 5) is 24.6. The zero-order valence-corrected chi connectivity index (χ0v) is 43.7. The molecule has 1 amide bonds. The third kappa shape index (κ3) is 51.6. The zero-order valence-electron chi connectivity index (χ0n) is 43.7. The van der Waals surface area contributed by atoms with Crippen molar-refractivity contribution in [1.29, 1.82) is 0 Å². The van der Waals surface area contributed by atoms with Gasteiger partial charge in [0.1, 0.15) is 0 Å². The number of hydrogen-bond donors (Lipinski definition) is 3. The molecule has 0 aromatic heterocycles. The van der Waals surface area contributed by atoms with Crippen molar-refractivity contribution in [3.63, 3.8) is 0 Å². The third-order valence-corrected chi connectivity index (χ3v) is 13.5. The van der Waals surface area contributed by atoms with Crippen molar-refractivity contribution in [2.45, 2.75) is 328 Å². The zero-order chi connectivity index (χ0) is 47.2. The highest BCUT2D eigenvalue weighted by atomic mass is 16.5. The lowest BCUT2D eigenvalue weighted by atomic mass is 10.0. The summed E-state index contributed by atoms with van der Waals surface area (Å²) in [5, 5.41) is 23.3. The molecule has 0 spiro atoms. The molecule has 0 aromatic carbocycles. The Balaban J connectivity index is 3.48. The maximum Gasteiger partial charge on any atom is 0.305 e. The van der Waals surface area contributed by atoms with Gasteiger partial charge in [-0.2, -0.15) is 0 Å². The van der Waals surface area contributed by atoms with E-state index in [0.29, 0.717) is 25.9 Å². The van der Waals surface area contributed by atoms with E-state index in [0.717, 1.165) is 77.0 Å². The number of amides is 1. The van der Waals surface area contributed by atoms with Crippen molar-refractivity contribution in [2.75, 3.05) is 13.2 Å². The normalized spacial score (nSPS) is 12.7. The topological polar surface area (TPSA) is 95.9 Å². The summed E-state index contributed by atoms with van der Waals surface area (Å²) < 4.78 is 5.47. The van der Waals surface area contributed by atoms with E-state index in [1.54, 1.807) is 0 Å². The number of carbonyl (C=O) groups excluding carboxylic acids is 2. The second kappa shape index (κ2) is 54.9. The lowest BCUT2D eigenvalue weighted by Gasteiger charge is -2.22. The number of aliphatic hydroxyl groups excluding tert-OH is 2. The van der Waals surface area contributed by atoms with E-state index in [-0.39, 0.29) is 18.5 Å². The van der Waals surface area contributed by atoms with Gasteiger partial charge >= 0.3 is 5.97 Å². The molecule has 0 aliphatic heterocycles. The molecule has 0 radical (unpaired) electrons. The number of hydrogen-bond acceptors (Lipinski definition) is 5. The fourth-order valence-electron chi connectivity index (χ4n) is 8.98. The molecule has 2 unspecified atom stereocenters. The number of nitrogens with one attached hydrogen (secondary N) is 1. The van der Waals surface area contributed by atoms with Crippen molar-refractivity contribution >= 4 is 11.9 Å².